The average Bonchev–Trinajstić information content (AvgIpc) is 2.64. The van der Waals surface area contributed by atoms with Crippen molar-refractivity contribution in [3.05, 3.63) is 35.9 Å². The number of carbonyl (C=O) groups is 2. The second-order valence-corrected chi connectivity index (χ2v) is 7.16. The first-order valence-electron chi connectivity index (χ1n) is 9.88. The Morgan fingerprint density at radius 1 is 0.962 bits per heavy atom. The van der Waals surface area contributed by atoms with Gasteiger partial charge in [0, 0.05) is 12.3 Å². The van der Waals surface area contributed by atoms with E-state index in [4.69, 9.17) is 4.74 Å². The van der Waals surface area contributed by atoms with E-state index in [2.05, 4.69) is 6.92 Å². The number of carboxylic acids is 1. The van der Waals surface area contributed by atoms with Crippen LogP contribution < -0.4 is 0 Å². The molecule has 1 aromatic rings. The Balaban J connectivity index is 2.55. The molecule has 1 rings (SSSR count). The minimum absolute atomic E-state index is 0.103. The number of unbranched alkanes of at least 4 members (excludes halogenated alkanes) is 5. The molecule has 4 heteroatoms. The van der Waals surface area contributed by atoms with Crippen LogP contribution in [0.2, 0.25) is 0 Å². The van der Waals surface area contributed by atoms with Crippen molar-refractivity contribution in [2.75, 3.05) is 0 Å². The van der Waals surface area contributed by atoms with E-state index < -0.39 is 23.9 Å². The number of ether oxygens (including phenoxy) is 1. The molecule has 0 aliphatic heterocycles. The van der Waals surface area contributed by atoms with Crippen LogP contribution in [0.5, 0.6) is 0 Å². The number of Topliss-reactive ketones (excluding diaryl/α,β-unsaturated/α-hetero) is 1. The highest BCUT2D eigenvalue weighted by atomic mass is 16.5. The van der Waals surface area contributed by atoms with Gasteiger partial charge in [0.2, 0.25) is 0 Å². The Kier molecular flexibility index (Phi) is 10.9. The molecule has 3 atom stereocenters. The number of hydrogen-bond acceptors (Lipinski definition) is 3. The monoisotopic (exact) mass is 362 g/mol. The zero-order valence-corrected chi connectivity index (χ0v) is 16.4. The number of carboxylic acid groups (broad SMARTS) is 1. The molecule has 1 aromatic carbocycles. The van der Waals surface area contributed by atoms with E-state index in [0.29, 0.717) is 13.0 Å². The minimum atomic E-state index is -0.928. The predicted octanol–water partition coefficient (Wildman–Crippen LogP) is 5.25. The summed E-state index contributed by atoms with van der Waals surface area (Å²) < 4.78 is 5.89. The lowest BCUT2D eigenvalue weighted by Gasteiger charge is -2.27. The number of aliphatic carboxylic acids is 1. The first kappa shape index (κ1) is 22.4. The molecule has 0 fully saturated rings. The Morgan fingerprint density at radius 2 is 1.58 bits per heavy atom. The van der Waals surface area contributed by atoms with Crippen molar-refractivity contribution in [3.63, 3.8) is 0 Å². The van der Waals surface area contributed by atoms with Crippen LogP contribution in [-0.2, 0) is 20.9 Å². The third kappa shape index (κ3) is 8.13. The largest absolute Gasteiger partial charge is 0.481 e. The van der Waals surface area contributed by atoms with Gasteiger partial charge in [0.15, 0.2) is 0 Å². The Bertz CT molecular complexity index is 526. The molecule has 0 heterocycles. The zero-order chi connectivity index (χ0) is 19.4. The first-order chi connectivity index (χ1) is 12.5. The van der Waals surface area contributed by atoms with Crippen molar-refractivity contribution in [2.24, 2.45) is 11.8 Å². The molecule has 26 heavy (non-hydrogen) atoms. The fourth-order valence-electron chi connectivity index (χ4n) is 3.12. The molecule has 0 aromatic heterocycles. The number of rotatable bonds is 14. The quantitative estimate of drug-likeness (QED) is 0.459. The van der Waals surface area contributed by atoms with Crippen LogP contribution in [-0.4, -0.2) is 23.0 Å². The van der Waals surface area contributed by atoms with Crippen LogP contribution in [0, 0.1) is 11.8 Å². The summed E-state index contributed by atoms with van der Waals surface area (Å²) in [5.74, 6) is -1.96. The second kappa shape index (κ2) is 12.6. The SMILES string of the molecule is CCCCCCCCC(=O)[C@@H](C)[C@@H](OCc1ccccc1)[C@@H](C)C(=O)O. The molecular weight excluding hydrogens is 328 g/mol. The fraction of sp³-hybridized carbons (Fsp3) is 0.636. The van der Waals surface area contributed by atoms with Gasteiger partial charge in [-0.25, -0.2) is 0 Å². The van der Waals surface area contributed by atoms with Crippen molar-refractivity contribution >= 4 is 11.8 Å². The normalized spacial score (nSPS) is 14.6. The van der Waals surface area contributed by atoms with Gasteiger partial charge in [-0.1, -0.05) is 76.3 Å². The summed E-state index contributed by atoms with van der Waals surface area (Å²) in [6, 6.07) is 9.63. The number of carbonyl (C=O) groups excluding carboxylic acids is 1. The summed E-state index contributed by atoms with van der Waals surface area (Å²) in [6.07, 6.45) is 6.67. The maximum atomic E-state index is 12.5. The Hall–Kier alpha value is -1.68. The average molecular weight is 363 g/mol. The topological polar surface area (TPSA) is 63.6 Å². The maximum absolute atomic E-state index is 12.5. The van der Waals surface area contributed by atoms with Crippen LogP contribution >= 0.6 is 0 Å². The van der Waals surface area contributed by atoms with Crippen molar-refractivity contribution in [1.82, 2.24) is 0 Å². The van der Waals surface area contributed by atoms with Gasteiger partial charge >= 0.3 is 5.97 Å². The Morgan fingerprint density at radius 3 is 2.19 bits per heavy atom. The number of ketones is 1. The summed E-state index contributed by atoms with van der Waals surface area (Å²) in [5.41, 5.74) is 0.977. The lowest BCUT2D eigenvalue weighted by atomic mass is 9.88. The van der Waals surface area contributed by atoms with E-state index >= 15 is 0 Å². The van der Waals surface area contributed by atoms with Gasteiger partial charge in [-0.05, 0) is 18.9 Å². The molecular formula is C22H34O4. The molecule has 0 saturated heterocycles. The molecule has 146 valence electrons. The van der Waals surface area contributed by atoms with Crippen LogP contribution in [0.4, 0.5) is 0 Å². The van der Waals surface area contributed by atoms with Gasteiger partial charge in [0.25, 0.3) is 0 Å². The van der Waals surface area contributed by atoms with E-state index in [1.165, 1.54) is 19.3 Å². The molecule has 4 nitrogen and oxygen atoms in total. The van der Waals surface area contributed by atoms with Gasteiger partial charge in [-0.3, -0.25) is 9.59 Å². The third-order valence-electron chi connectivity index (χ3n) is 4.94. The summed E-state index contributed by atoms with van der Waals surface area (Å²) >= 11 is 0. The van der Waals surface area contributed by atoms with Gasteiger partial charge in [-0.2, -0.15) is 0 Å². The van der Waals surface area contributed by atoms with E-state index in [1.807, 2.05) is 30.3 Å². The summed E-state index contributed by atoms with van der Waals surface area (Å²) in [4.78, 5) is 24.0. The molecule has 0 aliphatic carbocycles. The highest BCUT2D eigenvalue weighted by molar-refractivity contribution is 5.82. The fourth-order valence-corrected chi connectivity index (χ4v) is 3.12. The van der Waals surface area contributed by atoms with E-state index in [0.717, 1.165) is 24.8 Å². The number of benzene rings is 1. The van der Waals surface area contributed by atoms with Gasteiger partial charge in [-0.15, -0.1) is 0 Å². The van der Waals surface area contributed by atoms with Crippen molar-refractivity contribution in [3.8, 4) is 0 Å². The van der Waals surface area contributed by atoms with Crippen molar-refractivity contribution in [1.29, 1.82) is 0 Å². The third-order valence-corrected chi connectivity index (χ3v) is 4.94. The Labute approximate surface area is 158 Å². The van der Waals surface area contributed by atoms with Crippen LogP contribution in [0.15, 0.2) is 30.3 Å². The van der Waals surface area contributed by atoms with Crippen LogP contribution in [0.1, 0.15) is 71.3 Å². The van der Waals surface area contributed by atoms with Crippen molar-refractivity contribution < 1.29 is 19.4 Å². The molecule has 0 bridgehead atoms. The van der Waals surface area contributed by atoms with Crippen molar-refractivity contribution in [2.45, 2.75) is 78.4 Å². The first-order valence-corrected chi connectivity index (χ1v) is 9.88. The van der Waals surface area contributed by atoms with Gasteiger partial charge < -0.3 is 9.84 Å². The summed E-state index contributed by atoms with van der Waals surface area (Å²) in [7, 11) is 0. The smallest absolute Gasteiger partial charge is 0.308 e. The zero-order valence-electron chi connectivity index (χ0n) is 16.4. The summed E-state index contributed by atoms with van der Waals surface area (Å²) in [6.45, 7) is 5.92. The maximum Gasteiger partial charge on any atom is 0.308 e. The minimum Gasteiger partial charge on any atom is -0.481 e. The molecule has 0 amide bonds. The molecule has 0 unspecified atom stereocenters. The molecule has 0 saturated carbocycles. The lowest BCUT2D eigenvalue weighted by Crippen LogP contribution is -2.37. The van der Waals surface area contributed by atoms with Crippen LogP contribution in [0.25, 0.3) is 0 Å². The molecule has 1 N–H and O–H groups in total. The highest BCUT2D eigenvalue weighted by Crippen LogP contribution is 2.22. The van der Waals surface area contributed by atoms with Crippen LogP contribution in [0.3, 0.4) is 0 Å². The van der Waals surface area contributed by atoms with Gasteiger partial charge in [0.05, 0.1) is 18.6 Å². The molecule has 0 aliphatic rings. The second-order valence-electron chi connectivity index (χ2n) is 7.16. The summed E-state index contributed by atoms with van der Waals surface area (Å²) in [5, 5.41) is 9.39. The molecule has 0 spiro atoms. The van der Waals surface area contributed by atoms with Gasteiger partial charge in [0.1, 0.15) is 5.78 Å². The lowest BCUT2D eigenvalue weighted by molar-refractivity contribution is -0.151. The predicted molar refractivity (Wildman–Crippen MR) is 104 cm³/mol. The highest BCUT2D eigenvalue weighted by Gasteiger charge is 2.33. The molecule has 0 radical (unpaired) electrons. The standard InChI is InChI=1S/C22H34O4/c1-4-5-6-7-8-12-15-20(23)17(2)21(18(3)22(24)25)26-16-19-13-10-9-11-14-19/h9-11,13-14,17-18,21H,4-8,12,15-16H2,1-3H3,(H,24,25)/t17-,18-,21-/m1/s1. The van der Waals surface area contributed by atoms with E-state index in [9.17, 15) is 14.7 Å². The van der Waals surface area contributed by atoms with E-state index in [1.54, 1.807) is 13.8 Å². The number of hydrogen-bond donors (Lipinski definition) is 1. The van der Waals surface area contributed by atoms with E-state index in [-0.39, 0.29) is 5.78 Å².